The fourth-order valence-electron chi connectivity index (χ4n) is 0.669. The Morgan fingerprint density at radius 3 is 2.23 bits per heavy atom. The third kappa shape index (κ3) is 3.52. The third-order valence-electron chi connectivity index (χ3n) is 1.18. The van der Waals surface area contributed by atoms with Crippen LogP contribution in [0.5, 0.6) is 0 Å². The predicted octanol–water partition coefficient (Wildman–Crippen LogP) is 2.44. The summed E-state index contributed by atoms with van der Waals surface area (Å²) in [5.41, 5.74) is 0.0270. The molecule has 0 unspecified atom stereocenters. The summed E-state index contributed by atoms with van der Waals surface area (Å²) >= 11 is 11.1. The Hall–Kier alpha value is -0.290. The lowest BCUT2D eigenvalue weighted by Crippen LogP contribution is -1.96. The second-order valence-electron chi connectivity index (χ2n) is 1.91. The van der Waals surface area contributed by atoms with Gasteiger partial charge in [0, 0.05) is 0 Å². The van der Waals surface area contributed by atoms with Crippen LogP contribution in [0, 0.1) is 0 Å². The smallest absolute Gasteiger partial charge is 0.337 e. The number of carboxylic acid groups (broad SMARTS) is 1. The van der Waals surface area contributed by atoms with Crippen LogP contribution in [0.25, 0.3) is 0 Å². The molecule has 0 radical (unpaired) electrons. The second kappa shape index (κ2) is 6.21. The van der Waals surface area contributed by atoms with Crippen LogP contribution in [0.1, 0.15) is 10.4 Å². The SMILES string of the molecule is Br.O.O=C(O)c1cccc(Cl)c1Cl. The van der Waals surface area contributed by atoms with E-state index >= 15 is 0 Å². The average molecular weight is 290 g/mol. The molecule has 1 aromatic rings. The zero-order valence-electron chi connectivity index (χ0n) is 6.25. The minimum atomic E-state index is -1.07. The molecule has 0 spiro atoms. The Balaban J connectivity index is 0. The normalized spacial score (nSPS) is 8.15. The van der Waals surface area contributed by atoms with Crippen LogP contribution < -0.4 is 0 Å². The van der Waals surface area contributed by atoms with Crippen LogP contribution >= 0.6 is 40.2 Å². The number of carbonyl (C=O) groups is 1. The zero-order valence-corrected chi connectivity index (χ0v) is 9.48. The van der Waals surface area contributed by atoms with Crippen LogP contribution in [0.2, 0.25) is 10.0 Å². The average Bonchev–Trinajstić information content (AvgIpc) is 1.94. The molecular weight excluding hydrogens is 283 g/mol. The molecule has 0 atom stereocenters. The van der Waals surface area contributed by atoms with Crippen molar-refractivity contribution >= 4 is 46.2 Å². The predicted molar refractivity (Wildman–Crippen MR) is 57.4 cm³/mol. The van der Waals surface area contributed by atoms with Gasteiger partial charge in [0.1, 0.15) is 0 Å². The van der Waals surface area contributed by atoms with Gasteiger partial charge in [-0.3, -0.25) is 0 Å². The van der Waals surface area contributed by atoms with E-state index in [-0.39, 0.29) is 38.1 Å². The summed E-state index contributed by atoms with van der Waals surface area (Å²) in [4.78, 5) is 10.4. The molecule has 6 heteroatoms. The van der Waals surface area contributed by atoms with E-state index in [0.29, 0.717) is 0 Å². The van der Waals surface area contributed by atoms with Gasteiger partial charge < -0.3 is 10.6 Å². The summed E-state index contributed by atoms with van der Waals surface area (Å²) in [5, 5.41) is 8.89. The van der Waals surface area contributed by atoms with Crippen LogP contribution in [0.15, 0.2) is 18.2 Å². The number of aromatic carboxylic acids is 1. The van der Waals surface area contributed by atoms with E-state index in [2.05, 4.69) is 0 Å². The highest BCUT2D eigenvalue weighted by Gasteiger charge is 2.09. The molecule has 0 heterocycles. The van der Waals surface area contributed by atoms with Gasteiger partial charge >= 0.3 is 5.97 Å². The highest BCUT2D eigenvalue weighted by Crippen LogP contribution is 2.25. The van der Waals surface area contributed by atoms with Crippen LogP contribution in [0.3, 0.4) is 0 Å². The molecule has 3 N–H and O–H groups in total. The first-order valence-corrected chi connectivity index (χ1v) is 3.56. The van der Waals surface area contributed by atoms with Gasteiger partial charge in [-0.05, 0) is 12.1 Å². The molecular formula is C7H7BrCl2O3. The largest absolute Gasteiger partial charge is 0.478 e. The number of benzene rings is 1. The summed E-state index contributed by atoms with van der Waals surface area (Å²) in [6, 6.07) is 4.48. The first kappa shape index (κ1) is 15.2. The summed E-state index contributed by atoms with van der Waals surface area (Å²) in [6.45, 7) is 0. The molecule has 1 rings (SSSR count). The maximum Gasteiger partial charge on any atom is 0.337 e. The Kier molecular flexibility index (Phi) is 7.26. The minimum Gasteiger partial charge on any atom is -0.478 e. The Labute approximate surface area is 95.4 Å². The van der Waals surface area contributed by atoms with Gasteiger partial charge in [-0.1, -0.05) is 29.3 Å². The van der Waals surface area contributed by atoms with Crippen molar-refractivity contribution in [1.29, 1.82) is 0 Å². The van der Waals surface area contributed by atoms with Crippen molar-refractivity contribution < 1.29 is 15.4 Å². The van der Waals surface area contributed by atoms with Gasteiger partial charge in [0.25, 0.3) is 0 Å². The molecule has 13 heavy (non-hydrogen) atoms. The molecule has 0 fully saturated rings. The highest BCUT2D eigenvalue weighted by atomic mass is 79.9. The third-order valence-corrected chi connectivity index (χ3v) is 2.00. The van der Waals surface area contributed by atoms with E-state index < -0.39 is 5.97 Å². The molecule has 0 aliphatic heterocycles. The van der Waals surface area contributed by atoms with Gasteiger partial charge in [0.15, 0.2) is 0 Å². The van der Waals surface area contributed by atoms with Crippen LogP contribution in [-0.4, -0.2) is 16.6 Å². The van der Waals surface area contributed by atoms with E-state index in [9.17, 15) is 4.79 Å². The molecule has 74 valence electrons. The summed E-state index contributed by atoms with van der Waals surface area (Å²) < 4.78 is 0. The van der Waals surface area contributed by atoms with E-state index in [0.717, 1.165) is 0 Å². The Morgan fingerprint density at radius 2 is 1.85 bits per heavy atom. The van der Waals surface area contributed by atoms with E-state index in [1.807, 2.05) is 0 Å². The van der Waals surface area contributed by atoms with E-state index in [1.54, 1.807) is 0 Å². The summed E-state index contributed by atoms with van der Waals surface area (Å²) in [5.74, 6) is -1.07. The second-order valence-corrected chi connectivity index (χ2v) is 2.69. The molecule has 0 bridgehead atoms. The first-order valence-electron chi connectivity index (χ1n) is 2.80. The van der Waals surface area contributed by atoms with Crippen LogP contribution in [0.4, 0.5) is 0 Å². The maximum atomic E-state index is 10.4. The Bertz CT molecular complexity index is 304. The minimum absolute atomic E-state index is 0. The van der Waals surface area contributed by atoms with Gasteiger partial charge in [0.05, 0.1) is 15.6 Å². The molecule has 0 aliphatic rings. The lowest BCUT2D eigenvalue weighted by molar-refractivity contribution is 0.0697. The van der Waals surface area contributed by atoms with Crippen molar-refractivity contribution in [2.75, 3.05) is 0 Å². The van der Waals surface area contributed by atoms with Gasteiger partial charge in [-0.2, -0.15) is 0 Å². The molecule has 0 amide bonds. The zero-order chi connectivity index (χ0) is 8.43. The van der Waals surface area contributed by atoms with Gasteiger partial charge in [-0.15, -0.1) is 17.0 Å². The van der Waals surface area contributed by atoms with Crippen molar-refractivity contribution in [1.82, 2.24) is 0 Å². The van der Waals surface area contributed by atoms with Crippen molar-refractivity contribution in [2.24, 2.45) is 0 Å². The Morgan fingerprint density at radius 1 is 1.31 bits per heavy atom. The topological polar surface area (TPSA) is 68.8 Å². The quantitative estimate of drug-likeness (QED) is 0.863. The maximum absolute atomic E-state index is 10.4. The number of hydrogen-bond donors (Lipinski definition) is 1. The molecule has 1 aromatic carbocycles. The number of carboxylic acids is 1. The van der Waals surface area contributed by atoms with Crippen molar-refractivity contribution in [3.8, 4) is 0 Å². The lowest BCUT2D eigenvalue weighted by Gasteiger charge is -1.98. The first-order chi connectivity index (χ1) is 5.13. The van der Waals surface area contributed by atoms with E-state index in [1.165, 1.54) is 18.2 Å². The van der Waals surface area contributed by atoms with Gasteiger partial charge in [-0.25, -0.2) is 4.79 Å². The van der Waals surface area contributed by atoms with Crippen molar-refractivity contribution in [3.05, 3.63) is 33.8 Å². The fourth-order valence-corrected chi connectivity index (χ4v) is 1.05. The molecule has 3 nitrogen and oxygen atoms in total. The van der Waals surface area contributed by atoms with Crippen molar-refractivity contribution in [2.45, 2.75) is 0 Å². The van der Waals surface area contributed by atoms with E-state index in [4.69, 9.17) is 28.3 Å². The van der Waals surface area contributed by atoms with Gasteiger partial charge in [0.2, 0.25) is 0 Å². The number of rotatable bonds is 1. The standard InChI is InChI=1S/C7H4Cl2O2.BrH.H2O/c8-5-3-1-2-4(6(5)9)7(10)11;;/h1-3H,(H,10,11);1H;1H2. The summed E-state index contributed by atoms with van der Waals surface area (Å²) in [6.07, 6.45) is 0. The van der Waals surface area contributed by atoms with Crippen molar-refractivity contribution in [3.63, 3.8) is 0 Å². The molecule has 0 saturated carbocycles. The molecule has 0 aromatic heterocycles. The molecule has 0 aliphatic carbocycles. The highest BCUT2D eigenvalue weighted by molar-refractivity contribution is 8.93. The monoisotopic (exact) mass is 288 g/mol. The fraction of sp³-hybridized carbons (Fsp3) is 0. The lowest BCUT2D eigenvalue weighted by atomic mass is 10.2. The number of hydrogen-bond acceptors (Lipinski definition) is 1. The van der Waals surface area contributed by atoms with Crippen LogP contribution in [-0.2, 0) is 0 Å². The summed E-state index contributed by atoms with van der Waals surface area (Å²) in [7, 11) is 0. The number of halogens is 3. The molecule has 0 saturated heterocycles.